The highest BCUT2D eigenvalue weighted by molar-refractivity contribution is 5.47. The van der Waals surface area contributed by atoms with Gasteiger partial charge in [0, 0.05) is 6.42 Å². The second-order valence-electron chi connectivity index (χ2n) is 7.83. The molecule has 2 fully saturated rings. The van der Waals surface area contributed by atoms with Crippen LogP contribution in [0.1, 0.15) is 63.4 Å². The molecule has 1 aromatic heterocycles. The second kappa shape index (κ2) is 8.33. The van der Waals surface area contributed by atoms with Gasteiger partial charge >= 0.3 is 0 Å². The highest BCUT2D eigenvalue weighted by Crippen LogP contribution is 2.29. The van der Waals surface area contributed by atoms with Crippen molar-refractivity contribution in [3.63, 3.8) is 0 Å². The minimum atomic E-state index is -0.130. The molecule has 1 saturated heterocycles. The lowest BCUT2D eigenvalue weighted by Crippen LogP contribution is -3.15. The summed E-state index contributed by atoms with van der Waals surface area (Å²) >= 11 is 0. The van der Waals surface area contributed by atoms with Gasteiger partial charge < -0.3 is 9.80 Å². The van der Waals surface area contributed by atoms with Crippen LogP contribution in [-0.2, 0) is 0 Å². The van der Waals surface area contributed by atoms with Crippen LogP contribution in [0.4, 0.5) is 10.1 Å². The molecule has 1 aliphatic carbocycles. The van der Waals surface area contributed by atoms with E-state index in [1.54, 1.807) is 12.1 Å². The van der Waals surface area contributed by atoms with Crippen molar-refractivity contribution in [3.05, 3.63) is 35.9 Å². The first-order valence-corrected chi connectivity index (χ1v) is 10.4. The molecule has 1 N–H and O–H groups in total. The van der Waals surface area contributed by atoms with E-state index >= 15 is 0 Å². The summed E-state index contributed by atoms with van der Waals surface area (Å²) in [6.07, 6.45) is 7.26. The molecule has 7 heteroatoms. The summed E-state index contributed by atoms with van der Waals surface area (Å²) in [6, 6.07) is 7.84. The van der Waals surface area contributed by atoms with Gasteiger partial charge in [-0.1, -0.05) is 38.3 Å². The minimum Gasteiger partial charge on any atom is -0.358 e. The Morgan fingerprint density at radius 3 is 2.59 bits per heavy atom. The molecule has 6 nitrogen and oxygen atoms in total. The van der Waals surface area contributed by atoms with Crippen molar-refractivity contribution >= 4 is 5.69 Å². The van der Waals surface area contributed by atoms with E-state index in [1.165, 1.54) is 37.0 Å². The molecule has 146 valence electrons. The molecule has 1 aliphatic heterocycles. The largest absolute Gasteiger partial charge is 0.358 e. The normalized spacial score (nSPS) is 20.7. The number of halogens is 1. The molecule has 2 aromatic rings. The number of rotatable bonds is 5. The van der Waals surface area contributed by atoms with Crippen molar-refractivity contribution in [2.75, 3.05) is 31.1 Å². The van der Waals surface area contributed by atoms with Crippen LogP contribution in [-0.4, -0.2) is 46.4 Å². The third-order valence-corrected chi connectivity index (χ3v) is 6.25. The Labute approximate surface area is 160 Å². The SMILES string of the molecule is CC[C@H](c1nnnn1C1CCCCC1)[NH+]1CCN(c2ccccc2F)CC1. The molecular formula is C20H30FN6+. The number of aromatic nitrogens is 4. The van der Waals surface area contributed by atoms with Crippen LogP contribution >= 0.6 is 0 Å². The molecule has 1 atom stereocenters. The topological polar surface area (TPSA) is 51.3 Å². The molecule has 0 spiro atoms. The predicted octanol–water partition coefficient (Wildman–Crippen LogP) is 2.17. The number of quaternary nitrogens is 1. The average molecular weight is 374 g/mol. The highest BCUT2D eigenvalue weighted by atomic mass is 19.1. The second-order valence-corrected chi connectivity index (χ2v) is 7.83. The molecule has 2 heterocycles. The van der Waals surface area contributed by atoms with Crippen LogP contribution in [0.25, 0.3) is 0 Å². The first kappa shape index (κ1) is 18.3. The van der Waals surface area contributed by atoms with Crippen LogP contribution in [0.15, 0.2) is 24.3 Å². The maximum Gasteiger partial charge on any atom is 0.209 e. The fourth-order valence-corrected chi connectivity index (χ4v) is 4.76. The number of piperazine rings is 1. The first-order chi connectivity index (χ1) is 13.3. The lowest BCUT2D eigenvalue weighted by atomic mass is 9.95. The number of nitrogens with one attached hydrogen (secondary N) is 1. The van der Waals surface area contributed by atoms with Gasteiger partial charge in [0.15, 0.2) is 0 Å². The number of nitrogens with zero attached hydrogens (tertiary/aromatic N) is 5. The maximum atomic E-state index is 14.1. The predicted molar refractivity (Wildman–Crippen MR) is 102 cm³/mol. The van der Waals surface area contributed by atoms with Crippen LogP contribution in [0, 0.1) is 5.82 Å². The van der Waals surface area contributed by atoms with Crippen molar-refractivity contribution < 1.29 is 9.29 Å². The maximum absolute atomic E-state index is 14.1. The summed E-state index contributed by atoms with van der Waals surface area (Å²) < 4.78 is 16.2. The lowest BCUT2D eigenvalue weighted by Gasteiger charge is -2.37. The van der Waals surface area contributed by atoms with Crippen LogP contribution in [0.2, 0.25) is 0 Å². The number of para-hydroxylation sites is 1. The Morgan fingerprint density at radius 2 is 1.89 bits per heavy atom. The van der Waals surface area contributed by atoms with E-state index in [9.17, 15) is 4.39 Å². The van der Waals surface area contributed by atoms with E-state index in [4.69, 9.17) is 0 Å². The van der Waals surface area contributed by atoms with Crippen molar-refractivity contribution in [3.8, 4) is 0 Å². The van der Waals surface area contributed by atoms with Crippen LogP contribution in [0.5, 0.6) is 0 Å². The molecule has 27 heavy (non-hydrogen) atoms. The molecule has 2 aliphatic rings. The van der Waals surface area contributed by atoms with Crippen LogP contribution < -0.4 is 9.80 Å². The monoisotopic (exact) mass is 373 g/mol. The van der Waals surface area contributed by atoms with Gasteiger partial charge in [-0.05, 0) is 35.4 Å². The Balaban J connectivity index is 1.46. The van der Waals surface area contributed by atoms with Crippen molar-refractivity contribution in [1.82, 2.24) is 20.2 Å². The smallest absolute Gasteiger partial charge is 0.209 e. The van der Waals surface area contributed by atoms with Gasteiger partial charge in [0.1, 0.15) is 11.9 Å². The van der Waals surface area contributed by atoms with Gasteiger partial charge in [-0.3, -0.25) is 0 Å². The Kier molecular flexibility index (Phi) is 5.66. The Hall–Kier alpha value is -2.02. The molecular weight excluding hydrogens is 343 g/mol. The molecule has 0 radical (unpaired) electrons. The summed E-state index contributed by atoms with van der Waals surface area (Å²) in [5, 5.41) is 12.8. The van der Waals surface area contributed by atoms with Crippen molar-refractivity contribution in [2.24, 2.45) is 0 Å². The zero-order valence-electron chi connectivity index (χ0n) is 16.1. The van der Waals surface area contributed by atoms with Gasteiger partial charge in [0.05, 0.1) is 37.9 Å². The van der Waals surface area contributed by atoms with E-state index < -0.39 is 0 Å². The Bertz CT molecular complexity index is 734. The Morgan fingerprint density at radius 1 is 1.15 bits per heavy atom. The third-order valence-electron chi connectivity index (χ3n) is 6.25. The van der Waals surface area contributed by atoms with E-state index in [0.29, 0.717) is 12.1 Å². The zero-order valence-corrected chi connectivity index (χ0v) is 16.1. The first-order valence-electron chi connectivity index (χ1n) is 10.4. The molecule has 4 rings (SSSR count). The van der Waals surface area contributed by atoms with E-state index in [2.05, 4.69) is 32.0 Å². The summed E-state index contributed by atoms with van der Waals surface area (Å²) in [5.74, 6) is 0.910. The number of anilines is 1. The van der Waals surface area contributed by atoms with E-state index in [-0.39, 0.29) is 5.82 Å². The van der Waals surface area contributed by atoms with Gasteiger partial charge in [-0.2, -0.15) is 0 Å². The summed E-state index contributed by atoms with van der Waals surface area (Å²) in [5.41, 5.74) is 0.719. The zero-order chi connectivity index (χ0) is 18.6. The van der Waals surface area contributed by atoms with Gasteiger partial charge in [0.2, 0.25) is 5.82 Å². The molecule has 0 unspecified atom stereocenters. The molecule has 0 amide bonds. The summed E-state index contributed by atoms with van der Waals surface area (Å²) in [6.45, 7) is 5.89. The number of hydrogen-bond acceptors (Lipinski definition) is 4. The van der Waals surface area contributed by atoms with Gasteiger partial charge in [-0.25, -0.2) is 9.07 Å². The number of hydrogen-bond donors (Lipinski definition) is 1. The summed E-state index contributed by atoms with van der Waals surface area (Å²) in [7, 11) is 0. The molecule has 1 saturated carbocycles. The van der Waals surface area contributed by atoms with Gasteiger partial charge in [-0.15, -0.1) is 5.10 Å². The highest BCUT2D eigenvalue weighted by Gasteiger charge is 2.33. The van der Waals surface area contributed by atoms with Gasteiger partial charge in [0.25, 0.3) is 0 Å². The third kappa shape index (κ3) is 3.83. The number of benzene rings is 1. The standard InChI is InChI=1S/C20H29FN6/c1-2-18(20-22-23-24-27(20)16-8-4-3-5-9-16)25-12-14-26(15-13-25)19-11-7-6-10-17(19)21/h6-7,10-11,16,18H,2-5,8-9,12-15H2,1H3/p+1/t18-/m1/s1. The summed E-state index contributed by atoms with van der Waals surface area (Å²) in [4.78, 5) is 3.67. The van der Waals surface area contributed by atoms with Crippen molar-refractivity contribution in [2.45, 2.75) is 57.5 Å². The van der Waals surface area contributed by atoms with E-state index in [0.717, 1.165) is 44.1 Å². The quantitative estimate of drug-likeness (QED) is 0.873. The van der Waals surface area contributed by atoms with E-state index in [1.807, 2.05) is 12.1 Å². The average Bonchev–Trinajstić information content (AvgIpc) is 3.20. The van der Waals surface area contributed by atoms with Crippen LogP contribution in [0.3, 0.4) is 0 Å². The molecule has 0 bridgehead atoms. The fraction of sp³-hybridized carbons (Fsp3) is 0.650. The van der Waals surface area contributed by atoms with Crippen molar-refractivity contribution in [1.29, 1.82) is 0 Å². The fourth-order valence-electron chi connectivity index (χ4n) is 4.76. The minimum absolute atomic E-state index is 0.130. The number of tetrazole rings is 1. The lowest BCUT2D eigenvalue weighted by molar-refractivity contribution is -0.933. The molecule has 1 aromatic carbocycles.